The molecule has 1 saturated heterocycles. The van der Waals surface area contributed by atoms with Gasteiger partial charge in [-0.15, -0.1) is 0 Å². The molecule has 6 nitrogen and oxygen atoms in total. The SMILES string of the molecule is O=C(c1cn(Cc2ccccc2)nc1-c1ccccc1)N1CCC(c2nc3ccccc3o2)CC1. The van der Waals surface area contributed by atoms with E-state index in [1.807, 2.05) is 88.6 Å². The number of likely N-dealkylation sites (tertiary alicyclic amines) is 1. The van der Waals surface area contributed by atoms with Gasteiger partial charge in [0.2, 0.25) is 0 Å². The molecule has 0 atom stereocenters. The van der Waals surface area contributed by atoms with Crippen LogP contribution in [0.25, 0.3) is 22.4 Å². The fourth-order valence-electron chi connectivity index (χ4n) is 4.80. The summed E-state index contributed by atoms with van der Waals surface area (Å²) in [6, 6.07) is 28.0. The van der Waals surface area contributed by atoms with Crippen molar-refractivity contribution in [3.05, 3.63) is 108 Å². The second-order valence-electron chi connectivity index (χ2n) is 9.03. The first-order valence-electron chi connectivity index (χ1n) is 12.1. The van der Waals surface area contributed by atoms with Crippen molar-refractivity contribution >= 4 is 17.0 Å². The van der Waals surface area contributed by atoms with E-state index in [9.17, 15) is 4.79 Å². The Morgan fingerprint density at radius 1 is 0.886 bits per heavy atom. The van der Waals surface area contributed by atoms with E-state index < -0.39 is 0 Å². The van der Waals surface area contributed by atoms with E-state index in [4.69, 9.17) is 9.52 Å². The lowest BCUT2D eigenvalue weighted by Gasteiger charge is -2.30. The second-order valence-corrected chi connectivity index (χ2v) is 9.03. The Kier molecular flexibility index (Phi) is 5.62. The molecular formula is C29H26N4O2. The molecule has 174 valence electrons. The first kappa shape index (κ1) is 21.4. The number of rotatable bonds is 5. The van der Waals surface area contributed by atoms with Gasteiger partial charge < -0.3 is 9.32 Å². The molecule has 6 rings (SSSR count). The summed E-state index contributed by atoms with van der Waals surface area (Å²) >= 11 is 0. The van der Waals surface area contributed by atoms with Gasteiger partial charge in [-0.25, -0.2) is 4.98 Å². The number of benzene rings is 3. The molecule has 0 aliphatic carbocycles. The number of piperidine rings is 1. The lowest BCUT2D eigenvalue weighted by molar-refractivity contribution is 0.0707. The van der Waals surface area contributed by atoms with Crippen LogP contribution >= 0.6 is 0 Å². The van der Waals surface area contributed by atoms with E-state index in [1.54, 1.807) is 0 Å². The molecule has 1 aliphatic heterocycles. The summed E-state index contributed by atoms with van der Waals surface area (Å²) in [5, 5.41) is 4.82. The van der Waals surface area contributed by atoms with E-state index >= 15 is 0 Å². The van der Waals surface area contributed by atoms with Crippen molar-refractivity contribution in [1.82, 2.24) is 19.7 Å². The summed E-state index contributed by atoms with van der Waals surface area (Å²) in [5.74, 6) is 1.03. The molecule has 0 bridgehead atoms. The number of hydrogen-bond acceptors (Lipinski definition) is 4. The van der Waals surface area contributed by atoms with Gasteiger partial charge in [0.1, 0.15) is 11.2 Å². The fourth-order valence-corrected chi connectivity index (χ4v) is 4.80. The third kappa shape index (κ3) is 4.35. The summed E-state index contributed by atoms with van der Waals surface area (Å²) < 4.78 is 7.87. The van der Waals surface area contributed by atoms with Crippen molar-refractivity contribution < 1.29 is 9.21 Å². The van der Waals surface area contributed by atoms with Crippen molar-refractivity contribution in [3.63, 3.8) is 0 Å². The Hall–Kier alpha value is -4.19. The van der Waals surface area contributed by atoms with Crippen LogP contribution in [0.2, 0.25) is 0 Å². The minimum absolute atomic E-state index is 0.0270. The molecule has 0 N–H and O–H groups in total. The number of nitrogens with zero attached hydrogens (tertiary/aromatic N) is 4. The topological polar surface area (TPSA) is 64.2 Å². The Morgan fingerprint density at radius 2 is 1.57 bits per heavy atom. The second kappa shape index (κ2) is 9.22. The Morgan fingerprint density at radius 3 is 2.31 bits per heavy atom. The maximum atomic E-state index is 13.7. The van der Waals surface area contributed by atoms with Gasteiger partial charge in [-0.2, -0.15) is 5.10 Å². The Bertz CT molecular complexity index is 1420. The highest BCUT2D eigenvalue weighted by Crippen LogP contribution is 2.31. The van der Waals surface area contributed by atoms with Gasteiger partial charge in [0.15, 0.2) is 11.5 Å². The molecule has 5 aromatic rings. The van der Waals surface area contributed by atoms with Gasteiger partial charge in [-0.1, -0.05) is 72.8 Å². The van der Waals surface area contributed by atoms with E-state index in [0.717, 1.165) is 46.7 Å². The van der Waals surface area contributed by atoms with Crippen molar-refractivity contribution in [2.45, 2.75) is 25.3 Å². The number of aromatic nitrogens is 3. The highest BCUT2D eigenvalue weighted by Gasteiger charge is 2.30. The predicted octanol–water partition coefficient (Wildman–Crippen LogP) is 5.76. The molecule has 3 heterocycles. The van der Waals surface area contributed by atoms with Crippen LogP contribution in [0.5, 0.6) is 0 Å². The zero-order valence-corrected chi connectivity index (χ0v) is 19.4. The van der Waals surface area contributed by atoms with Crippen LogP contribution in [0.4, 0.5) is 0 Å². The minimum atomic E-state index is 0.0270. The number of para-hydroxylation sites is 2. The average Bonchev–Trinajstić information content (AvgIpc) is 3.54. The number of amides is 1. The van der Waals surface area contributed by atoms with E-state index in [0.29, 0.717) is 25.2 Å². The van der Waals surface area contributed by atoms with E-state index in [1.165, 1.54) is 0 Å². The van der Waals surface area contributed by atoms with Crippen molar-refractivity contribution in [2.75, 3.05) is 13.1 Å². The standard InChI is InChI=1S/C29H26N4O2/c34-29(32-17-15-23(16-18-32)28-30-25-13-7-8-14-26(25)35-28)24-20-33(19-21-9-3-1-4-10-21)31-27(24)22-11-5-2-6-12-22/h1-14,20,23H,15-19H2. The van der Waals surface area contributed by atoms with Crippen LogP contribution in [-0.2, 0) is 6.54 Å². The molecule has 0 saturated carbocycles. The van der Waals surface area contributed by atoms with Crippen LogP contribution in [0, 0.1) is 0 Å². The third-order valence-electron chi connectivity index (χ3n) is 6.67. The number of oxazole rings is 1. The van der Waals surface area contributed by atoms with Crippen molar-refractivity contribution in [1.29, 1.82) is 0 Å². The quantitative estimate of drug-likeness (QED) is 0.333. The zero-order chi connectivity index (χ0) is 23.6. The molecule has 1 amide bonds. The summed E-state index contributed by atoms with van der Waals surface area (Å²) in [6.07, 6.45) is 3.55. The normalized spacial score (nSPS) is 14.5. The monoisotopic (exact) mass is 462 g/mol. The van der Waals surface area contributed by atoms with Gasteiger partial charge in [0, 0.05) is 30.8 Å². The average molecular weight is 463 g/mol. The fraction of sp³-hybridized carbons (Fsp3) is 0.207. The van der Waals surface area contributed by atoms with Gasteiger partial charge >= 0.3 is 0 Å². The number of carbonyl (C=O) groups is 1. The predicted molar refractivity (Wildman–Crippen MR) is 135 cm³/mol. The van der Waals surface area contributed by atoms with E-state index in [2.05, 4.69) is 17.1 Å². The highest BCUT2D eigenvalue weighted by atomic mass is 16.3. The first-order valence-corrected chi connectivity index (χ1v) is 12.1. The molecule has 2 aromatic heterocycles. The molecule has 0 radical (unpaired) electrons. The van der Waals surface area contributed by atoms with Gasteiger partial charge in [0.05, 0.1) is 12.1 Å². The van der Waals surface area contributed by atoms with Gasteiger partial charge in [-0.05, 0) is 30.5 Å². The van der Waals surface area contributed by atoms with Crippen LogP contribution in [0.1, 0.15) is 40.6 Å². The molecule has 0 unspecified atom stereocenters. The molecule has 1 aliphatic rings. The van der Waals surface area contributed by atoms with Crippen molar-refractivity contribution in [3.8, 4) is 11.3 Å². The number of fused-ring (bicyclic) bond motifs is 1. The highest BCUT2D eigenvalue weighted by molar-refractivity contribution is 5.99. The summed E-state index contributed by atoms with van der Waals surface area (Å²) in [5.41, 5.74) is 5.18. The lowest BCUT2D eigenvalue weighted by atomic mass is 9.96. The molecule has 35 heavy (non-hydrogen) atoms. The van der Waals surface area contributed by atoms with Crippen molar-refractivity contribution in [2.24, 2.45) is 0 Å². The summed E-state index contributed by atoms with van der Waals surface area (Å²) in [4.78, 5) is 20.3. The van der Waals surface area contributed by atoms with Crippen LogP contribution in [0.3, 0.4) is 0 Å². The largest absolute Gasteiger partial charge is 0.440 e. The number of carbonyl (C=O) groups excluding carboxylic acids is 1. The van der Waals surface area contributed by atoms with Crippen LogP contribution in [0.15, 0.2) is 95.5 Å². The third-order valence-corrected chi connectivity index (χ3v) is 6.67. The Balaban J connectivity index is 1.23. The summed E-state index contributed by atoms with van der Waals surface area (Å²) in [7, 11) is 0. The molecule has 1 fully saturated rings. The lowest BCUT2D eigenvalue weighted by Crippen LogP contribution is -2.38. The molecule has 3 aromatic carbocycles. The van der Waals surface area contributed by atoms with Crippen LogP contribution in [-0.4, -0.2) is 38.7 Å². The zero-order valence-electron chi connectivity index (χ0n) is 19.4. The van der Waals surface area contributed by atoms with Gasteiger partial charge in [-0.3, -0.25) is 9.48 Å². The van der Waals surface area contributed by atoms with Crippen LogP contribution < -0.4 is 0 Å². The number of hydrogen-bond donors (Lipinski definition) is 0. The smallest absolute Gasteiger partial charge is 0.257 e. The summed E-state index contributed by atoms with van der Waals surface area (Å²) in [6.45, 7) is 1.95. The van der Waals surface area contributed by atoms with Gasteiger partial charge in [0.25, 0.3) is 5.91 Å². The minimum Gasteiger partial charge on any atom is -0.440 e. The first-order chi connectivity index (χ1) is 17.2. The molecule has 0 spiro atoms. The van der Waals surface area contributed by atoms with E-state index in [-0.39, 0.29) is 11.8 Å². The molecular weight excluding hydrogens is 436 g/mol. The Labute approximate surface area is 203 Å². The molecule has 6 heteroatoms. The maximum absolute atomic E-state index is 13.7. The maximum Gasteiger partial charge on any atom is 0.257 e.